The van der Waals surface area contributed by atoms with Gasteiger partial charge in [0, 0.05) is 27.6 Å². The molecule has 0 saturated heterocycles. The maximum atomic E-state index is 4.36. The largest absolute Gasteiger partial charge is 0.358 e. The number of aromatic amines is 1. The lowest BCUT2D eigenvalue weighted by Crippen LogP contribution is -2.19. The van der Waals surface area contributed by atoms with E-state index in [2.05, 4.69) is 99.9 Å². The molecule has 24 heavy (non-hydrogen) atoms. The van der Waals surface area contributed by atoms with Gasteiger partial charge in [-0.1, -0.05) is 75.0 Å². The standard InChI is InChI=1S/C23H25N/c1-16-10-6-8-12-21(16)23(4,5)17(2)14-15-19-18(3)24-22-13-9-7-11-20(19)22/h6-15,24H,2H2,1,3-5H3/b15-14-. The number of hydrogen-bond donors (Lipinski definition) is 1. The first-order valence-corrected chi connectivity index (χ1v) is 8.42. The van der Waals surface area contributed by atoms with Crippen LogP contribution in [0.4, 0.5) is 0 Å². The van der Waals surface area contributed by atoms with Crippen molar-refractivity contribution in [3.8, 4) is 0 Å². The van der Waals surface area contributed by atoms with E-state index in [1.54, 1.807) is 0 Å². The molecule has 1 nitrogen and oxygen atoms in total. The van der Waals surface area contributed by atoms with Crippen molar-refractivity contribution < 1.29 is 0 Å². The second kappa shape index (κ2) is 6.16. The Morgan fingerprint density at radius 1 is 1.00 bits per heavy atom. The summed E-state index contributed by atoms with van der Waals surface area (Å²) in [5.41, 5.74) is 7.26. The van der Waals surface area contributed by atoms with Gasteiger partial charge in [-0.2, -0.15) is 0 Å². The summed E-state index contributed by atoms with van der Waals surface area (Å²) in [5, 5.41) is 1.26. The third kappa shape index (κ3) is 2.82. The van der Waals surface area contributed by atoms with E-state index in [4.69, 9.17) is 0 Å². The maximum Gasteiger partial charge on any atom is 0.0462 e. The minimum Gasteiger partial charge on any atom is -0.358 e. The Hall–Kier alpha value is -2.54. The molecule has 0 amide bonds. The highest BCUT2D eigenvalue weighted by molar-refractivity contribution is 5.90. The second-order valence-electron chi connectivity index (χ2n) is 7.01. The number of aromatic nitrogens is 1. The quantitative estimate of drug-likeness (QED) is 0.541. The van der Waals surface area contributed by atoms with Gasteiger partial charge in [0.1, 0.15) is 0 Å². The van der Waals surface area contributed by atoms with Crippen molar-refractivity contribution in [2.45, 2.75) is 33.1 Å². The number of hydrogen-bond acceptors (Lipinski definition) is 0. The molecular formula is C23H25N. The van der Waals surface area contributed by atoms with Crippen LogP contribution in [0.3, 0.4) is 0 Å². The fourth-order valence-electron chi connectivity index (χ4n) is 3.35. The molecule has 0 bridgehead atoms. The fraction of sp³-hybridized carbons (Fsp3) is 0.217. The molecule has 2 aromatic carbocycles. The molecule has 0 spiro atoms. The molecule has 1 heterocycles. The van der Waals surface area contributed by atoms with E-state index in [1.807, 2.05) is 0 Å². The second-order valence-corrected chi connectivity index (χ2v) is 7.01. The van der Waals surface area contributed by atoms with Crippen molar-refractivity contribution in [3.05, 3.63) is 89.1 Å². The number of aryl methyl sites for hydroxylation is 2. The first-order valence-electron chi connectivity index (χ1n) is 8.42. The summed E-state index contributed by atoms with van der Waals surface area (Å²) in [4.78, 5) is 3.45. The van der Waals surface area contributed by atoms with E-state index in [0.717, 1.165) is 5.57 Å². The van der Waals surface area contributed by atoms with E-state index >= 15 is 0 Å². The highest BCUT2D eigenvalue weighted by atomic mass is 14.7. The molecule has 0 radical (unpaired) electrons. The van der Waals surface area contributed by atoms with Crippen molar-refractivity contribution in [2.75, 3.05) is 0 Å². The van der Waals surface area contributed by atoms with Gasteiger partial charge in [0.2, 0.25) is 0 Å². The number of allylic oxidation sites excluding steroid dienone is 2. The van der Waals surface area contributed by atoms with Crippen LogP contribution in [-0.2, 0) is 5.41 Å². The monoisotopic (exact) mass is 315 g/mol. The van der Waals surface area contributed by atoms with Gasteiger partial charge < -0.3 is 4.98 Å². The number of rotatable bonds is 4. The van der Waals surface area contributed by atoms with Gasteiger partial charge in [0.25, 0.3) is 0 Å². The smallest absolute Gasteiger partial charge is 0.0462 e. The van der Waals surface area contributed by atoms with E-state index in [0.29, 0.717) is 0 Å². The predicted molar refractivity (Wildman–Crippen MR) is 105 cm³/mol. The van der Waals surface area contributed by atoms with Crippen LogP contribution < -0.4 is 0 Å². The van der Waals surface area contributed by atoms with E-state index in [9.17, 15) is 0 Å². The summed E-state index contributed by atoms with van der Waals surface area (Å²) >= 11 is 0. The molecule has 1 aromatic heterocycles. The van der Waals surface area contributed by atoms with Crippen molar-refractivity contribution in [1.82, 2.24) is 4.98 Å². The molecule has 0 aliphatic heterocycles. The molecule has 0 aliphatic rings. The van der Waals surface area contributed by atoms with Crippen LogP contribution in [0.15, 0.2) is 66.8 Å². The first-order chi connectivity index (χ1) is 11.4. The maximum absolute atomic E-state index is 4.36. The predicted octanol–water partition coefficient (Wildman–Crippen LogP) is 6.33. The molecule has 0 saturated carbocycles. The number of nitrogens with one attached hydrogen (secondary N) is 1. The lowest BCUT2D eigenvalue weighted by Gasteiger charge is -2.28. The molecular weight excluding hydrogens is 290 g/mol. The zero-order chi connectivity index (χ0) is 17.3. The minimum atomic E-state index is -0.0954. The van der Waals surface area contributed by atoms with Crippen LogP contribution >= 0.6 is 0 Å². The minimum absolute atomic E-state index is 0.0954. The van der Waals surface area contributed by atoms with Gasteiger partial charge in [0.15, 0.2) is 0 Å². The lowest BCUT2D eigenvalue weighted by molar-refractivity contribution is 0.637. The molecule has 122 valence electrons. The third-order valence-corrected chi connectivity index (χ3v) is 5.02. The Balaban J connectivity index is 1.95. The Kier molecular flexibility index (Phi) is 4.19. The van der Waals surface area contributed by atoms with Gasteiger partial charge >= 0.3 is 0 Å². The molecule has 0 unspecified atom stereocenters. The summed E-state index contributed by atoms with van der Waals surface area (Å²) in [6.07, 6.45) is 4.35. The molecule has 1 N–H and O–H groups in total. The van der Waals surface area contributed by atoms with Gasteiger partial charge in [-0.25, -0.2) is 0 Å². The van der Waals surface area contributed by atoms with Crippen LogP contribution in [0, 0.1) is 13.8 Å². The number of fused-ring (bicyclic) bond motifs is 1. The van der Waals surface area contributed by atoms with Crippen LogP contribution in [0.25, 0.3) is 17.0 Å². The zero-order valence-electron chi connectivity index (χ0n) is 15.0. The van der Waals surface area contributed by atoms with Crippen LogP contribution in [0.1, 0.15) is 36.2 Å². The molecule has 0 atom stereocenters. The molecule has 0 fully saturated rings. The summed E-state index contributed by atoms with van der Waals surface area (Å²) < 4.78 is 0. The van der Waals surface area contributed by atoms with Crippen LogP contribution in [-0.4, -0.2) is 4.98 Å². The number of H-pyrrole nitrogens is 1. The van der Waals surface area contributed by atoms with E-state index in [1.165, 1.54) is 33.3 Å². The zero-order valence-corrected chi connectivity index (χ0v) is 15.0. The van der Waals surface area contributed by atoms with Crippen LogP contribution in [0.5, 0.6) is 0 Å². The molecule has 3 rings (SSSR count). The van der Waals surface area contributed by atoms with Crippen molar-refractivity contribution >= 4 is 17.0 Å². The fourth-order valence-corrected chi connectivity index (χ4v) is 3.35. The number of benzene rings is 2. The van der Waals surface area contributed by atoms with E-state index < -0.39 is 0 Å². The highest BCUT2D eigenvalue weighted by Crippen LogP contribution is 2.34. The van der Waals surface area contributed by atoms with E-state index in [-0.39, 0.29) is 5.41 Å². The third-order valence-electron chi connectivity index (χ3n) is 5.02. The molecule has 1 heteroatoms. The Morgan fingerprint density at radius 2 is 1.67 bits per heavy atom. The topological polar surface area (TPSA) is 15.8 Å². The SMILES string of the molecule is C=C(/C=C\c1c(C)[nH]c2ccccc12)C(C)(C)c1ccccc1C. The summed E-state index contributed by atoms with van der Waals surface area (Å²) in [6, 6.07) is 17.0. The van der Waals surface area contributed by atoms with Crippen molar-refractivity contribution in [2.24, 2.45) is 0 Å². The summed E-state index contributed by atoms with van der Waals surface area (Å²) in [6.45, 7) is 13.1. The normalized spacial score (nSPS) is 12.2. The average molecular weight is 315 g/mol. The first kappa shape index (κ1) is 16.3. The Bertz CT molecular complexity index is 922. The number of para-hydroxylation sites is 1. The summed E-state index contributed by atoms with van der Waals surface area (Å²) in [5.74, 6) is 0. The Labute approximate surface area is 144 Å². The van der Waals surface area contributed by atoms with Crippen LogP contribution in [0.2, 0.25) is 0 Å². The van der Waals surface area contributed by atoms with Crippen molar-refractivity contribution in [1.29, 1.82) is 0 Å². The average Bonchev–Trinajstić information content (AvgIpc) is 2.88. The highest BCUT2D eigenvalue weighted by Gasteiger charge is 2.24. The Morgan fingerprint density at radius 3 is 2.42 bits per heavy atom. The summed E-state index contributed by atoms with van der Waals surface area (Å²) in [7, 11) is 0. The lowest BCUT2D eigenvalue weighted by atomic mass is 9.76. The van der Waals surface area contributed by atoms with Gasteiger partial charge in [-0.15, -0.1) is 0 Å². The van der Waals surface area contributed by atoms with Crippen molar-refractivity contribution in [3.63, 3.8) is 0 Å². The van der Waals surface area contributed by atoms with Gasteiger partial charge in [0.05, 0.1) is 0 Å². The van der Waals surface area contributed by atoms with Gasteiger partial charge in [-0.05, 0) is 36.6 Å². The van der Waals surface area contributed by atoms with Gasteiger partial charge in [-0.3, -0.25) is 0 Å². The molecule has 3 aromatic rings. The molecule has 0 aliphatic carbocycles.